The molecule has 2 unspecified atom stereocenters. The predicted octanol–water partition coefficient (Wildman–Crippen LogP) is 2.30. The van der Waals surface area contributed by atoms with Crippen molar-refractivity contribution in [2.75, 3.05) is 26.2 Å². The van der Waals surface area contributed by atoms with Gasteiger partial charge in [0.05, 0.1) is 11.5 Å². The Hall–Kier alpha value is -3.17. The highest BCUT2D eigenvalue weighted by Crippen LogP contribution is 2.40. The normalized spacial score (nSPS) is 22.9. The van der Waals surface area contributed by atoms with Crippen molar-refractivity contribution >= 4 is 21.8 Å². The van der Waals surface area contributed by atoms with Crippen LogP contribution in [0, 0.1) is 11.8 Å². The minimum absolute atomic E-state index is 0.0727. The average Bonchev–Trinajstić information content (AvgIpc) is 3.59. The number of carbonyl (C=O) groups is 2. The van der Waals surface area contributed by atoms with E-state index >= 15 is 0 Å². The van der Waals surface area contributed by atoms with Crippen LogP contribution in [-0.2, 0) is 27.7 Å². The number of amides is 2. The number of hydrogen-bond donors (Lipinski definition) is 2. The van der Waals surface area contributed by atoms with Gasteiger partial charge in [0.1, 0.15) is 5.75 Å². The zero-order valence-corrected chi connectivity index (χ0v) is 20.9. The number of carbonyl (C=O) groups excluding carboxylic acids is 2. The maximum absolute atomic E-state index is 13.2. The summed E-state index contributed by atoms with van der Waals surface area (Å²) in [5.41, 5.74) is 2.70. The summed E-state index contributed by atoms with van der Waals surface area (Å²) in [6, 6.07) is 12.3. The SMILES string of the molecule is C=CC(=O)NC1CC2CN(S(=O)(=O)c3ccc(C(=O)NCCc4cccc5c4OCC5)cc3)CC2C1. The first kappa shape index (κ1) is 24.5. The molecule has 190 valence electrons. The van der Waals surface area contributed by atoms with Crippen molar-refractivity contribution in [3.8, 4) is 5.75 Å². The second-order valence-electron chi connectivity index (χ2n) is 9.76. The van der Waals surface area contributed by atoms with E-state index in [0.717, 1.165) is 30.6 Å². The monoisotopic (exact) mass is 509 g/mol. The zero-order chi connectivity index (χ0) is 25.3. The summed E-state index contributed by atoms with van der Waals surface area (Å²) in [6.45, 7) is 5.53. The summed E-state index contributed by atoms with van der Waals surface area (Å²) >= 11 is 0. The number of para-hydroxylation sites is 1. The lowest BCUT2D eigenvalue weighted by atomic mass is 10.0. The van der Waals surface area contributed by atoms with E-state index in [-0.39, 0.29) is 34.6 Å². The van der Waals surface area contributed by atoms with Crippen molar-refractivity contribution in [2.24, 2.45) is 11.8 Å². The number of nitrogens with one attached hydrogen (secondary N) is 2. The summed E-state index contributed by atoms with van der Waals surface area (Å²) in [4.78, 5) is 24.4. The largest absolute Gasteiger partial charge is 0.493 e. The molecule has 5 rings (SSSR count). The zero-order valence-electron chi connectivity index (χ0n) is 20.1. The average molecular weight is 510 g/mol. The Morgan fingerprint density at radius 3 is 2.50 bits per heavy atom. The summed E-state index contributed by atoms with van der Waals surface area (Å²) in [7, 11) is -3.64. The fraction of sp³-hybridized carbons (Fsp3) is 0.407. The summed E-state index contributed by atoms with van der Waals surface area (Å²) in [6.07, 6.45) is 4.38. The number of nitrogens with zero attached hydrogens (tertiary/aromatic N) is 1. The van der Waals surface area contributed by atoms with E-state index in [1.54, 1.807) is 12.1 Å². The number of fused-ring (bicyclic) bond motifs is 2. The summed E-state index contributed by atoms with van der Waals surface area (Å²) < 4.78 is 33.7. The lowest BCUT2D eigenvalue weighted by Gasteiger charge is -2.19. The fourth-order valence-electron chi connectivity index (χ4n) is 5.65. The topological polar surface area (TPSA) is 105 Å². The second kappa shape index (κ2) is 10.1. The molecule has 9 heteroatoms. The molecular weight excluding hydrogens is 478 g/mol. The van der Waals surface area contributed by atoms with Crippen molar-refractivity contribution in [1.82, 2.24) is 14.9 Å². The molecule has 2 aromatic rings. The number of rotatable bonds is 8. The molecule has 0 bridgehead atoms. The van der Waals surface area contributed by atoms with Crippen molar-refractivity contribution < 1.29 is 22.7 Å². The minimum atomic E-state index is -3.64. The summed E-state index contributed by atoms with van der Waals surface area (Å²) in [5, 5.41) is 5.83. The van der Waals surface area contributed by atoms with Gasteiger partial charge < -0.3 is 15.4 Å². The van der Waals surface area contributed by atoms with Crippen LogP contribution in [0.15, 0.2) is 60.0 Å². The quantitative estimate of drug-likeness (QED) is 0.532. The van der Waals surface area contributed by atoms with Gasteiger partial charge in [0.2, 0.25) is 15.9 Å². The molecular formula is C27H31N3O5S. The van der Waals surface area contributed by atoms with E-state index in [1.165, 1.54) is 28.1 Å². The highest BCUT2D eigenvalue weighted by molar-refractivity contribution is 7.89. The molecule has 3 aliphatic rings. The number of hydrogen-bond acceptors (Lipinski definition) is 5. The van der Waals surface area contributed by atoms with Crippen LogP contribution in [0.25, 0.3) is 0 Å². The maximum Gasteiger partial charge on any atom is 0.251 e. The number of sulfonamides is 1. The molecule has 2 amide bonds. The Morgan fingerprint density at radius 1 is 1.08 bits per heavy atom. The fourth-order valence-corrected chi connectivity index (χ4v) is 7.21. The first-order valence-corrected chi connectivity index (χ1v) is 13.8. The van der Waals surface area contributed by atoms with E-state index in [0.29, 0.717) is 38.2 Å². The standard InChI is InChI=1S/C27H31N3O5S/c1-2-25(31)29-23-14-21-16-30(17-22(21)15-23)36(33,34)24-8-6-20(7-9-24)27(32)28-12-10-18-4-3-5-19-11-13-35-26(18)19/h2-9,21-23H,1,10-17H2,(H,28,32)(H,29,31). The Bertz CT molecular complexity index is 1260. The van der Waals surface area contributed by atoms with Gasteiger partial charge in [-0.05, 0) is 72.6 Å². The molecule has 36 heavy (non-hydrogen) atoms. The molecule has 2 aliphatic heterocycles. The molecule has 2 fully saturated rings. The van der Waals surface area contributed by atoms with Gasteiger partial charge >= 0.3 is 0 Å². The van der Waals surface area contributed by atoms with E-state index in [4.69, 9.17) is 4.74 Å². The van der Waals surface area contributed by atoms with Crippen LogP contribution in [0.3, 0.4) is 0 Å². The Morgan fingerprint density at radius 2 is 1.81 bits per heavy atom. The van der Waals surface area contributed by atoms with Gasteiger partial charge in [0.15, 0.2) is 0 Å². The van der Waals surface area contributed by atoms with Gasteiger partial charge in [0, 0.05) is 37.7 Å². The van der Waals surface area contributed by atoms with Gasteiger partial charge in [-0.1, -0.05) is 24.8 Å². The molecule has 8 nitrogen and oxygen atoms in total. The molecule has 2 atom stereocenters. The van der Waals surface area contributed by atoms with Gasteiger partial charge in [-0.3, -0.25) is 9.59 Å². The highest BCUT2D eigenvalue weighted by atomic mass is 32.2. The molecule has 2 heterocycles. The maximum atomic E-state index is 13.2. The Balaban J connectivity index is 1.15. The molecule has 2 aromatic carbocycles. The number of benzene rings is 2. The third kappa shape index (κ3) is 4.90. The third-order valence-electron chi connectivity index (χ3n) is 7.48. The van der Waals surface area contributed by atoms with Crippen LogP contribution in [0.1, 0.15) is 34.3 Å². The Labute approximate surface area is 211 Å². The minimum Gasteiger partial charge on any atom is -0.493 e. The lowest BCUT2D eigenvalue weighted by molar-refractivity contribution is -0.117. The number of ether oxygens (including phenoxy) is 1. The van der Waals surface area contributed by atoms with Crippen LogP contribution in [0.5, 0.6) is 5.75 Å². The Kier molecular flexibility index (Phi) is 6.85. The van der Waals surface area contributed by atoms with Crippen molar-refractivity contribution in [3.05, 3.63) is 71.8 Å². The molecule has 1 saturated carbocycles. The van der Waals surface area contributed by atoms with Crippen molar-refractivity contribution in [1.29, 1.82) is 0 Å². The highest BCUT2D eigenvalue weighted by Gasteiger charge is 2.45. The van der Waals surface area contributed by atoms with Crippen LogP contribution < -0.4 is 15.4 Å². The third-order valence-corrected chi connectivity index (χ3v) is 9.33. The second-order valence-corrected chi connectivity index (χ2v) is 11.7. The van der Waals surface area contributed by atoms with Crippen LogP contribution in [0.2, 0.25) is 0 Å². The summed E-state index contributed by atoms with van der Waals surface area (Å²) in [5.74, 6) is 0.971. The van der Waals surface area contributed by atoms with Gasteiger partial charge in [-0.25, -0.2) is 8.42 Å². The van der Waals surface area contributed by atoms with Crippen LogP contribution in [-0.4, -0.2) is 56.8 Å². The van der Waals surface area contributed by atoms with Gasteiger partial charge in [-0.2, -0.15) is 4.31 Å². The molecule has 0 spiro atoms. The van der Waals surface area contributed by atoms with Crippen molar-refractivity contribution in [3.63, 3.8) is 0 Å². The van der Waals surface area contributed by atoms with Gasteiger partial charge in [0.25, 0.3) is 5.91 Å². The van der Waals surface area contributed by atoms with Crippen LogP contribution in [0.4, 0.5) is 0 Å². The van der Waals surface area contributed by atoms with E-state index in [1.807, 2.05) is 12.1 Å². The van der Waals surface area contributed by atoms with Crippen LogP contribution >= 0.6 is 0 Å². The molecule has 0 aromatic heterocycles. The lowest BCUT2D eigenvalue weighted by Crippen LogP contribution is -2.35. The van der Waals surface area contributed by atoms with E-state index < -0.39 is 10.0 Å². The smallest absolute Gasteiger partial charge is 0.251 e. The molecule has 2 N–H and O–H groups in total. The molecule has 0 radical (unpaired) electrons. The van der Waals surface area contributed by atoms with E-state index in [2.05, 4.69) is 23.3 Å². The molecule has 1 aliphatic carbocycles. The first-order chi connectivity index (χ1) is 17.3. The van der Waals surface area contributed by atoms with Crippen molar-refractivity contribution in [2.45, 2.75) is 36.6 Å². The predicted molar refractivity (Wildman–Crippen MR) is 135 cm³/mol. The molecule has 1 saturated heterocycles. The first-order valence-electron chi connectivity index (χ1n) is 12.4. The van der Waals surface area contributed by atoms with E-state index in [9.17, 15) is 18.0 Å². The van der Waals surface area contributed by atoms with Gasteiger partial charge in [-0.15, -0.1) is 0 Å².